The first kappa shape index (κ1) is 14.8. The first-order valence-electron chi connectivity index (χ1n) is 5.92. The Morgan fingerprint density at radius 3 is 2.25 bits per heavy atom. The van der Waals surface area contributed by atoms with E-state index in [0.717, 1.165) is 0 Å². The van der Waals surface area contributed by atoms with Crippen LogP contribution in [0.1, 0.15) is 17.2 Å². The molecule has 0 radical (unpaired) electrons. The molecule has 2 aromatic rings. The highest BCUT2D eigenvalue weighted by molar-refractivity contribution is 9.10. The fourth-order valence-corrected chi connectivity index (χ4v) is 2.49. The average Bonchev–Trinajstić information content (AvgIpc) is 2.48. The van der Waals surface area contributed by atoms with Gasteiger partial charge in [0.15, 0.2) is 0 Å². The van der Waals surface area contributed by atoms with Crippen molar-refractivity contribution in [3.8, 4) is 11.5 Å². The van der Waals surface area contributed by atoms with E-state index < -0.39 is 11.9 Å². The van der Waals surface area contributed by atoms with Crippen molar-refractivity contribution in [3.63, 3.8) is 0 Å². The summed E-state index contributed by atoms with van der Waals surface area (Å²) in [4.78, 5) is 0. The van der Waals surface area contributed by atoms with Crippen molar-refractivity contribution >= 4 is 15.9 Å². The van der Waals surface area contributed by atoms with Crippen molar-refractivity contribution in [2.24, 2.45) is 0 Å². The molecule has 106 valence electrons. The van der Waals surface area contributed by atoms with Crippen LogP contribution in [0.15, 0.2) is 40.9 Å². The molecule has 0 fully saturated rings. The second kappa shape index (κ2) is 6.24. The highest BCUT2D eigenvalue weighted by atomic mass is 79.9. The van der Waals surface area contributed by atoms with Crippen molar-refractivity contribution in [1.29, 1.82) is 0 Å². The van der Waals surface area contributed by atoms with E-state index in [9.17, 15) is 9.50 Å². The topological polar surface area (TPSA) is 38.7 Å². The van der Waals surface area contributed by atoms with Crippen molar-refractivity contribution < 1.29 is 19.0 Å². The molecule has 0 aromatic heterocycles. The Kier molecular flexibility index (Phi) is 4.62. The first-order valence-corrected chi connectivity index (χ1v) is 6.71. The molecule has 0 saturated carbocycles. The number of aliphatic hydroxyl groups is 1. The fourth-order valence-electron chi connectivity index (χ4n) is 2.03. The van der Waals surface area contributed by atoms with Gasteiger partial charge >= 0.3 is 0 Å². The van der Waals surface area contributed by atoms with Gasteiger partial charge in [0.05, 0.1) is 19.8 Å². The Morgan fingerprint density at radius 1 is 1.10 bits per heavy atom. The minimum atomic E-state index is -1.06. The molecule has 0 amide bonds. The summed E-state index contributed by atoms with van der Waals surface area (Å²) in [5.41, 5.74) is 0.872. The number of hydrogen-bond acceptors (Lipinski definition) is 3. The van der Waals surface area contributed by atoms with Gasteiger partial charge in [0.25, 0.3) is 0 Å². The quantitative estimate of drug-likeness (QED) is 0.922. The van der Waals surface area contributed by atoms with Gasteiger partial charge in [-0.15, -0.1) is 0 Å². The minimum Gasteiger partial charge on any atom is -0.496 e. The number of methoxy groups -OCH3 is 2. The van der Waals surface area contributed by atoms with Gasteiger partial charge < -0.3 is 14.6 Å². The smallest absolute Gasteiger partial charge is 0.128 e. The molecule has 5 heteroatoms. The van der Waals surface area contributed by atoms with Gasteiger partial charge in [-0.25, -0.2) is 4.39 Å². The molecule has 0 aliphatic carbocycles. The van der Waals surface area contributed by atoms with Crippen LogP contribution in [0.25, 0.3) is 0 Å². The van der Waals surface area contributed by atoms with Crippen LogP contribution < -0.4 is 9.47 Å². The van der Waals surface area contributed by atoms with E-state index in [4.69, 9.17) is 9.47 Å². The van der Waals surface area contributed by atoms with E-state index >= 15 is 0 Å². The molecule has 2 aromatic carbocycles. The molecule has 0 heterocycles. The Morgan fingerprint density at radius 2 is 1.70 bits per heavy atom. The third-order valence-corrected chi connectivity index (χ3v) is 3.71. The molecule has 1 unspecified atom stereocenters. The number of benzene rings is 2. The molecule has 0 spiro atoms. The van der Waals surface area contributed by atoms with E-state index in [-0.39, 0.29) is 0 Å². The zero-order valence-electron chi connectivity index (χ0n) is 11.1. The second-order valence-electron chi connectivity index (χ2n) is 4.14. The van der Waals surface area contributed by atoms with Crippen LogP contribution in [0.2, 0.25) is 0 Å². The SMILES string of the molecule is COc1cccc(OC)c1C(O)c1cc(F)ccc1Br. The lowest BCUT2D eigenvalue weighted by Gasteiger charge is -2.19. The summed E-state index contributed by atoms with van der Waals surface area (Å²) in [7, 11) is 3.01. The molecule has 2 rings (SSSR count). The Hall–Kier alpha value is -1.59. The zero-order valence-corrected chi connectivity index (χ0v) is 12.6. The lowest BCUT2D eigenvalue weighted by molar-refractivity contribution is 0.207. The first-order chi connectivity index (χ1) is 9.58. The molecule has 1 N–H and O–H groups in total. The Bertz CT molecular complexity index is 594. The maximum absolute atomic E-state index is 13.4. The number of rotatable bonds is 4. The molecule has 0 aliphatic rings. The van der Waals surface area contributed by atoms with E-state index in [2.05, 4.69) is 15.9 Å². The van der Waals surface area contributed by atoms with Crippen molar-refractivity contribution in [2.45, 2.75) is 6.10 Å². The molecule has 0 aliphatic heterocycles. The van der Waals surface area contributed by atoms with Gasteiger partial charge in [0.1, 0.15) is 23.4 Å². The predicted molar refractivity (Wildman–Crippen MR) is 77.7 cm³/mol. The van der Waals surface area contributed by atoms with E-state index in [0.29, 0.717) is 27.1 Å². The number of aliphatic hydroxyl groups excluding tert-OH is 1. The second-order valence-corrected chi connectivity index (χ2v) is 5.00. The Labute approximate surface area is 125 Å². The summed E-state index contributed by atoms with van der Waals surface area (Å²) >= 11 is 3.31. The van der Waals surface area contributed by atoms with Gasteiger partial charge in [-0.05, 0) is 30.3 Å². The highest BCUT2D eigenvalue weighted by Gasteiger charge is 2.22. The van der Waals surface area contributed by atoms with Crippen molar-refractivity contribution in [1.82, 2.24) is 0 Å². The van der Waals surface area contributed by atoms with Crippen LogP contribution in [-0.2, 0) is 0 Å². The molecule has 20 heavy (non-hydrogen) atoms. The maximum atomic E-state index is 13.4. The van der Waals surface area contributed by atoms with Crippen LogP contribution in [0.3, 0.4) is 0 Å². The largest absolute Gasteiger partial charge is 0.496 e. The van der Waals surface area contributed by atoms with E-state index in [1.54, 1.807) is 24.3 Å². The molecule has 3 nitrogen and oxygen atoms in total. The highest BCUT2D eigenvalue weighted by Crippen LogP contribution is 2.39. The summed E-state index contributed by atoms with van der Waals surface area (Å²) in [6.45, 7) is 0. The van der Waals surface area contributed by atoms with E-state index in [1.807, 2.05) is 0 Å². The van der Waals surface area contributed by atoms with Gasteiger partial charge in [-0.1, -0.05) is 22.0 Å². The van der Waals surface area contributed by atoms with Crippen LogP contribution in [0.5, 0.6) is 11.5 Å². The Balaban J connectivity index is 2.58. The third-order valence-electron chi connectivity index (χ3n) is 2.99. The van der Waals surface area contributed by atoms with Gasteiger partial charge in [0.2, 0.25) is 0 Å². The monoisotopic (exact) mass is 340 g/mol. The third kappa shape index (κ3) is 2.78. The maximum Gasteiger partial charge on any atom is 0.128 e. The van der Waals surface area contributed by atoms with Crippen molar-refractivity contribution in [2.75, 3.05) is 14.2 Å². The number of ether oxygens (including phenoxy) is 2. The normalized spacial score (nSPS) is 12.1. The molecular formula is C15H14BrFO3. The molecular weight excluding hydrogens is 327 g/mol. The van der Waals surface area contributed by atoms with Gasteiger partial charge in [0, 0.05) is 10.0 Å². The lowest BCUT2D eigenvalue weighted by Crippen LogP contribution is -2.06. The predicted octanol–water partition coefficient (Wildman–Crippen LogP) is 3.69. The lowest BCUT2D eigenvalue weighted by atomic mass is 9.99. The average molecular weight is 341 g/mol. The van der Waals surface area contributed by atoms with Gasteiger partial charge in [-0.2, -0.15) is 0 Å². The summed E-state index contributed by atoms with van der Waals surface area (Å²) in [5.74, 6) is 0.539. The summed E-state index contributed by atoms with van der Waals surface area (Å²) in [6, 6.07) is 9.34. The van der Waals surface area contributed by atoms with E-state index in [1.165, 1.54) is 26.4 Å². The summed E-state index contributed by atoms with van der Waals surface area (Å²) in [6.07, 6.45) is -1.06. The van der Waals surface area contributed by atoms with Crippen molar-refractivity contribution in [3.05, 3.63) is 57.8 Å². The summed E-state index contributed by atoms with van der Waals surface area (Å²) in [5, 5.41) is 10.6. The number of hydrogen-bond donors (Lipinski definition) is 1. The molecule has 1 atom stereocenters. The number of halogens is 2. The van der Waals surface area contributed by atoms with Gasteiger partial charge in [-0.3, -0.25) is 0 Å². The standard InChI is InChI=1S/C15H14BrFO3/c1-19-12-4-3-5-13(20-2)14(12)15(18)10-8-9(17)6-7-11(10)16/h3-8,15,18H,1-2H3. The van der Waals surface area contributed by atoms with Crippen LogP contribution in [0, 0.1) is 5.82 Å². The zero-order chi connectivity index (χ0) is 14.7. The van der Waals surface area contributed by atoms with Crippen LogP contribution in [0.4, 0.5) is 4.39 Å². The molecule has 0 bridgehead atoms. The molecule has 0 saturated heterocycles. The minimum absolute atomic E-state index is 0.410. The van der Waals surface area contributed by atoms with Crippen LogP contribution >= 0.6 is 15.9 Å². The summed E-state index contributed by atoms with van der Waals surface area (Å²) < 4.78 is 24.5. The fraction of sp³-hybridized carbons (Fsp3) is 0.200. The van der Waals surface area contributed by atoms with Crippen LogP contribution in [-0.4, -0.2) is 19.3 Å².